The zero-order chi connectivity index (χ0) is 47.0. The van der Waals surface area contributed by atoms with Gasteiger partial charge in [0, 0.05) is 63.2 Å². The summed E-state index contributed by atoms with van der Waals surface area (Å²) in [4.78, 5) is 53.8. The van der Waals surface area contributed by atoms with Crippen molar-refractivity contribution < 1.29 is 33.3 Å². The van der Waals surface area contributed by atoms with Crippen molar-refractivity contribution in [1.82, 2.24) is 14.7 Å². The summed E-state index contributed by atoms with van der Waals surface area (Å²) in [6, 6.07) is 22.5. The smallest absolute Gasteiger partial charge is 0.412 e. The molecule has 3 aliphatic heterocycles. The lowest BCUT2D eigenvalue weighted by molar-refractivity contribution is -0.135. The van der Waals surface area contributed by atoms with Gasteiger partial charge >= 0.3 is 6.09 Å². The molecule has 13 nitrogen and oxygen atoms in total. The van der Waals surface area contributed by atoms with Crippen molar-refractivity contribution in [1.29, 1.82) is 0 Å². The lowest BCUT2D eigenvalue weighted by Gasteiger charge is -2.58. The maximum Gasteiger partial charge on any atom is 0.412 e. The zero-order valence-corrected chi connectivity index (χ0v) is 39.8. The molecule has 6 unspecified atom stereocenters. The van der Waals surface area contributed by atoms with E-state index in [1.54, 1.807) is 12.0 Å². The number of allylic oxidation sites excluding steroid dienone is 6. The number of benzene rings is 3. The van der Waals surface area contributed by atoms with Crippen LogP contribution in [0.25, 0.3) is 0 Å². The fraction of sp³-hybridized carbons (Fsp3) is 0.455. The molecule has 4 fully saturated rings. The fourth-order valence-corrected chi connectivity index (χ4v) is 11.5. The molecule has 68 heavy (non-hydrogen) atoms. The highest BCUT2D eigenvalue weighted by Crippen LogP contribution is 2.62. The van der Waals surface area contributed by atoms with Crippen molar-refractivity contribution in [3.63, 3.8) is 0 Å². The highest BCUT2D eigenvalue weighted by atomic mass is 16.6. The standard InChI is InChI=1S/C55H66N6O7/c1-4-66-48-20-13-12-19-46(48)61-51(56-44-18-11-10-17-43(44)53(61)63)37-58-30-32-59(33-31-58)52(62)38-67-41-25-23-40(24-26-41)16-9-7-5-6-8-14-29-60-49-21-15-28-55(49)36-42(35-50(55)60)68-54(64)57-45-34-39(2)22-27-47(45)65-3/h5-6,8,10-14,17-20,22-27,34,42-43,49-51H,4,7,9,15-16,21,28-33,35-38H2,1-3H3,(H,57,64)/b6-5+,14-8+. The second-order valence-corrected chi connectivity index (χ2v) is 18.9. The van der Waals surface area contributed by atoms with E-state index >= 15 is 0 Å². The van der Waals surface area contributed by atoms with Crippen LogP contribution in [0.1, 0.15) is 63.0 Å². The Hall–Kier alpha value is -6.18. The van der Waals surface area contributed by atoms with Crippen molar-refractivity contribution in [2.24, 2.45) is 16.3 Å². The van der Waals surface area contributed by atoms with Crippen LogP contribution in [0.2, 0.25) is 0 Å². The monoisotopic (exact) mass is 922 g/mol. The number of likely N-dealkylation sites (tertiary alicyclic amines) is 1. The van der Waals surface area contributed by atoms with Gasteiger partial charge in [-0.25, -0.2) is 4.79 Å². The minimum absolute atomic E-state index is 0.00936. The average molecular weight is 923 g/mol. The Bertz CT molecular complexity index is 2440. The normalized spacial score (nSPS) is 25.5. The van der Waals surface area contributed by atoms with E-state index in [1.165, 1.54) is 24.8 Å². The number of carbonyl (C=O) groups is 3. The molecule has 0 radical (unpaired) electrons. The van der Waals surface area contributed by atoms with Gasteiger partial charge in [0.05, 0.1) is 36.7 Å². The Labute approximate surface area is 401 Å². The summed E-state index contributed by atoms with van der Waals surface area (Å²) in [5.74, 6) is 1.51. The molecule has 0 bridgehead atoms. The number of anilines is 2. The number of fused-ring (bicyclic) bond motifs is 1. The van der Waals surface area contributed by atoms with Crippen LogP contribution >= 0.6 is 0 Å². The van der Waals surface area contributed by atoms with Gasteiger partial charge in [-0.05, 0) is 106 Å². The van der Waals surface area contributed by atoms with E-state index in [0.717, 1.165) is 55.6 Å². The van der Waals surface area contributed by atoms with E-state index in [0.29, 0.717) is 74.4 Å². The Morgan fingerprint density at radius 1 is 0.941 bits per heavy atom. The third kappa shape index (κ3) is 10.3. The molecule has 6 aliphatic rings. The van der Waals surface area contributed by atoms with E-state index in [9.17, 15) is 14.4 Å². The summed E-state index contributed by atoms with van der Waals surface area (Å²) in [5, 5.41) is 2.91. The summed E-state index contributed by atoms with van der Waals surface area (Å²) in [5.41, 5.74) is 4.70. The number of ether oxygens (including phenoxy) is 4. The summed E-state index contributed by atoms with van der Waals surface area (Å²) in [6.45, 7) is 8.38. The number of piperazine rings is 1. The number of methoxy groups -OCH3 is 1. The number of unbranched alkanes of at least 4 members (excludes halogenated alkanes) is 1. The number of nitrogens with one attached hydrogen (secondary N) is 1. The summed E-state index contributed by atoms with van der Waals surface area (Å²) in [6.07, 6.45) is 24.1. The van der Waals surface area contributed by atoms with Gasteiger partial charge in [0.25, 0.3) is 5.91 Å². The van der Waals surface area contributed by atoms with Gasteiger partial charge in [0.15, 0.2) is 6.61 Å². The first kappa shape index (κ1) is 46.9. The molecule has 3 aromatic carbocycles. The molecule has 1 spiro atoms. The van der Waals surface area contributed by atoms with Crippen LogP contribution in [0.4, 0.5) is 16.2 Å². The van der Waals surface area contributed by atoms with Gasteiger partial charge in [-0.1, -0.05) is 79.3 Å². The van der Waals surface area contributed by atoms with Crippen LogP contribution < -0.4 is 24.4 Å². The third-order valence-corrected chi connectivity index (χ3v) is 14.7. The van der Waals surface area contributed by atoms with Crippen LogP contribution in [-0.4, -0.2) is 122 Å². The Morgan fingerprint density at radius 3 is 2.59 bits per heavy atom. The largest absolute Gasteiger partial charge is 0.495 e. The van der Waals surface area contributed by atoms with E-state index < -0.39 is 18.2 Å². The van der Waals surface area contributed by atoms with Crippen LogP contribution in [0, 0.1) is 18.3 Å². The van der Waals surface area contributed by atoms with Crippen LogP contribution in [-0.2, 0) is 20.7 Å². The predicted molar refractivity (Wildman–Crippen MR) is 266 cm³/mol. The van der Waals surface area contributed by atoms with E-state index in [1.807, 2.05) is 97.6 Å². The maximum absolute atomic E-state index is 14.0. The summed E-state index contributed by atoms with van der Waals surface area (Å²) < 4.78 is 23.3. The van der Waals surface area contributed by atoms with E-state index in [2.05, 4.69) is 51.6 Å². The predicted octanol–water partition coefficient (Wildman–Crippen LogP) is 8.55. The molecule has 1 N–H and O–H groups in total. The van der Waals surface area contributed by atoms with Crippen molar-refractivity contribution >= 4 is 35.0 Å². The molecule has 358 valence electrons. The molecular weight excluding hydrogens is 857 g/mol. The molecular formula is C55H66N6O7. The number of para-hydroxylation sites is 2. The van der Waals surface area contributed by atoms with Crippen molar-refractivity contribution in [3.05, 3.63) is 126 Å². The Morgan fingerprint density at radius 2 is 1.76 bits per heavy atom. The van der Waals surface area contributed by atoms with Crippen molar-refractivity contribution in [3.8, 4) is 17.2 Å². The van der Waals surface area contributed by atoms with Gasteiger partial charge in [0.1, 0.15) is 29.5 Å². The molecule has 2 saturated carbocycles. The highest BCUT2D eigenvalue weighted by Gasteiger charge is 2.66. The SMILES string of the molecule is CCOc1ccccc1N1C(=O)C2C=CC=CC2=NC1CN1CCN(C(=O)COc2ccc(CCC/C=C/C=C/CN3C4CCCC45CC(OC(=O)Nc4cc(C)ccc4OC)CC35)cc2)CC1. The summed E-state index contributed by atoms with van der Waals surface area (Å²) in [7, 11) is 1.60. The lowest BCUT2D eigenvalue weighted by atomic mass is 9.68. The Kier molecular flexibility index (Phi) is 14.8. The van der Waals surface area contributed by atoms with E-state index in [4.69, 9.17) is 23.9 Å². The van der Waals surface area contributed by atoms with Crippen LogP contribution in [0.15, 0.2) is 120 Å². The summed E-state index contributed by atoms with van der Waals surface area (Å²) >= 11 is 0. The minimum Gasteiger partial charge on any atom is -0.495 e. The van der Waals surface area contributed by atoms with Gasteiger partial charge in [-0.15, -0.1) is 0 Å². The topological polar surface area (TPSA) is 125 Å². The minimum atomic E-state index is -0.419. The molecule has 9 rings (SSSR count). The van der Waals surface area contributed by atoms with Crippen LogP contribution in [0.5, 0.6) is 17.2 Å². The van der Waals surface area contributed by atoms with Gasteiger partial charge < -0.3 is 23.8 Å². The van der Waals surface area contributed by atoms with Crippen molar-refractivity contribution in [2.75, 3.05) is 69.8 Å². The van der Waals surface area contributed by atoms with Crippen molar-refractivity contribution in [2.45, 2.75) is 89.6 Å². The number of amides is 3. The zero-order valence-electron chi connectivity index (χ0n) is 39.8. The fourth-order valence-electron chi connectivity index (χ4n) is 11.5. The van der Waals surface area contributed by atoms with Crippen LogP contribution in [0.3, 0.4) is 0 Å². The number of rotatable bonds is 18. The second kappa shape index (κ2) is 21.4. The number of aryl methyl sites for hydroxylation is 2. The van der Waals surface area contributed by atoms with Gasteiger partial charge in [-0.2, -0.15) is 0 Å². The number of aliphatic imine (C=N–C) groups is 1. The lowest BCUT2D eigenvalue weighted by Crippen LogP contribution is -2.66. The second-order valence-electron chi connectivity index (χ2n) is 18.9. The molecule has 3 aromatic rings. The average Bonchev–Trinajstić information content (AvgIpc) is 3.86. The first-order chi connectivity index (χ1) is 33.2. The molecule has 6 atom stereocenters. The van der Waals surface area contributed by atoms with Gasteiger partial charge in [-0.3, -0.25) is 34.6 Å². The third-order valence-electron chi connectivity index (χ3n) is 14.7. The molecule has 3 heterocycles. The highest BCUT2D eigenvalue weighted by molar-refractivity contribution is 6.18. The van der Waals surface area contributed by atoms with Gasteiger partial charge in [0.2, 0.25) is 5.91 Å². The molecule has 13 heteroatoms. The number of nitrogens with zero attached hydrogens (tertiary/aromatic N) is 5. The van der Waals surface area contributed by atoms with E-state index in [-0.39, 0.29) is 29.9 Å². The first-order valence-corrected chi connectivity index (χ1v) is 24.6. The number of hydrogen-bond donors (Lipinski definition) is 1. The maximum atomic E-state index is 14.0. The molecule has 3 amide bonds. The number of hydrogen-bond acceptors (Lipinski definition) is 10. The Balaban J connectivity index is 0.668. The number of carbonyl (C=O) groups excluding carboxylic acids is 3. The molecule has 3 aliphatic carbocycles. The molecule has 0 aromatic heterocycles. The quantitative estimate of drug-likeness (QED) is 0.0988. The molecule has 2 saturated heterocycles. The first-order valence-electron chi connectivity index (χ1n) is 24.6.